The van der Waals surface area contributed by atoms with Crippen LogP contribution in [0.1, 0.15) is 15.2 Å². The molecule has 2 amide bonds. The second kappa shape index (κ2) is 10.5. The molecule has 0 unspecified atom stereocenters. The maximum absolute atomic E-state index is 12.7. The third-order valence-electron chi connectivity index (χ3n) is 5.36. The van der Waals surface area contributed by atoms with Crippen LogP contribution in [0.5, 0.6) is 17.2 Å². The smallest absolute Gasteiger partial charge is 0.264 e. The fourth-order valence-corrected chi connectivity index (χ4v) is 4.36. The molecule has 9 heteroatoms. The van der Waals surface area contributed by atoms with Gasteiger partial charge in [0.1, 0.15) is 0 Å². The third kappa shape index (κ3) is 5.29. The van der Waals surface area contributed by atoms with Crippen molar-refractivity contribution in [3.05, 3.63) is 40.1 Å². The molecule has 1 aliphatic rings. The van der Waals surface area contributed by atoms with E-state index in [1.54, 1.807) is 34.4 Å². The van der Waals surface area contributed by atoms with Gasteiger partial charge in [0.05, 0.1) is 32.8 Å². The predicted octanol–water partition coefficient (Wildman–Crippen LogP) is 2.19. The maximum atomic E-state index is 12.7. The standard InChI is InChI=1S/C22H29N3O5S/c1-23(22(27)18-6-5-13-31-18)15-19(26)25-11-9-24(10-12-25)14-16-7-8-17(28-2)21(30-4)20(16)29-3/h5-8,13H,9-12,14-15H2,1-4H3. The highest BCUT2D eigenvalue weighted by Gasteiger charge is 2.25. The molecule has 1 aromatic heterocycles. The monoisotopic (exact) mass is 447 g/mol. The van der Waals surface area contributed by atoms with Gasteiger partial charge in [-0.05, 0) is 17.5 Å². The SMILES string of the molecule is COc1ccc(CN2CCN(C(=O)CN(C)C(=O)c3cccs3)CC2)c(OC)c1OC. The van der Waals surface area contributed by atoms with E-state index in [2.05, 4.69) is 4.90 Å². The van der Waals surface area contributed by atoms with Crippen molar-refractivity contribution in [1.29, 1.82) is 0 Å². The van der Waals surface area contributed by atoms with Crippen LogP contribution in [0.25, 0.3) is 0 Å². The Labute approximate surface area is 186 Å². The average molecular weight is 448 g/mol. The van der Waals surface area contributed by atoms with Gasteiger partial charge < -0.3 is 24.0 Å². The molecule has 31 heavy (non-hydrogen) atoms. The molecule has 1 aromatic carbocycles. The van der Waals surface area contributed by atoms with Gasteiger partial charge in [0, 0.05) is 45.3 Å². The lowest BCUT2D eigenvalue weighted by atomic mass is 10.1. The number of thiophene rings is 1. The first kappa shape index (κ1) is 22.9. The molecule has 1 saturated heterocycles. The van der Waals surface area contributed by atoms with Gasteiger partial charge in [0.25, 0.3) is 5.91 Å². The molecule has 8 nitrogen and oxygen atoms in total. The summed E-state index contributed by atoms with van der Waals surface area (Å²) >= 11 is 1.38. The number of ether oxygens (including phenoxy) is 3. The molecule has 0 saturated carbocycles. The van der Waals surface area contributed by atoms with E-state index >= 15 is 0 Å². The molecule has 2 aromatic rings. The lowest BCUT2D eigenvalue weighted by molar-refractivity contribution is -0.133. The first-order valence-electron chi connectivity index (χ1n) is 10.1. The summed E-state index contributed by atoms with van der Waals surface area (Å²) in [6, 6.07) is 7.45. The molecule has 1 aliphatic heterocycles. The number of carbonyl (C=O) groups is 2. The summed E-state index contributed by atoms with van der Waals surface area (Å²) in [6.45, 7) is 3.49. The second-order valence-electron chi connectivity index (χ2n) is 7.29. The molecule has 3 rings (SSSR count). The van der Waals surface area contributed by atoms with Gasteiger partial charge in [-0.1, -0.05) is 12.1 Å². The molecule has 0 aliphatic carbocycles. The number of nitrogens with zero attached hydrogens (tertiary/aromatic N) is 3. The quantitative estimate of drug-likeness (QED) is 0.618. The van der Waals surface area contributed by atoms with Crippen molar-refractivity contribution in [3.63, 3.8) is 0 Å². The van der Waals surface area contributed by atoms with Crippen molar-refractivity contribution in [2.45, 2.75) is 6.54 Å². The highest BCUT2D eigenvalue weighted by Crippen LogP contribution is 2.40. The Morgan fingerprint density at radius 2 is 1.71 bits per heavy atom. The molecule has 1 fully saturated rings. The molecule has 168 valence electrons. The first-order chi connectivity index (χ1) is 15.0. The van der Waals surface area contributed by atoms with E-state index in [0.717, 1.165) is 18.7 Å². The van der Waals surface area contributed by atoms with Crippen molar-refractivity contribution in [2.75, 3.05) is 61.1 Å². The minimum Gasteiger partial charge on any atom is -0.493 e. The Hall–Kier alpha value is -2.78. The molecule has 0 atom stereocenters. The van der Waals surface area contributed by atoms with E-state index < -0.39 is 0 Å². The predicted molar refractivity (Wildman–Crippen MR) is 119 cm³/mol. The normalized spacial score (nSPS) is 14.3. The van der Waals surface area contributed by atoms with E-state index in [1.807, 2.05) is 28.5 Å². The number of benzene rings is 1. The van der Waals surface area contributed by atoms with Gasteiger partial charge in [0.2, 0.25) is 11.7 Å². The van der Waals surface area contributed by atoms with Gasteiger partial charge in [-0.15, -0.1) is 11.3 Å². The van der Waals surface area contributed by atoms with Crippen molar-refractivity contribution >= 4 is 23.2 Å². The number of likely N-dealkylation sites (N-methyl/N-ethyl adjacent to an activating group) is 1. The Morgan fingerprint density at radius 1 is 1.00 bits per heavy atom. The fourth-order valence-electron chi connectivity index (χ4n) is 3.65. The van der Waals surface area contributed by atoms with E-state index in [0.29, 0.717) is 41.8 Å². The molecule has 0 radical (unpaired) electrons. The largest absolute Gasteiger partial charge is 0.493 e. The Kier molecular flexibility index (Phi) is 7.75. The van der Waals surface area contributed by atoms with E-state index in [1.165, 1.54) is 16.2 Å². The Bertz CT molecular complexity index is 895. The van der Waals surface area contributed by atoms with Crippen molar-refractivity contribution in [3.8, 4) is 17.2 Å². The van der Waals surface area contributed by atoms with Crippen LogP contribution in [0, 0.1) is 0 Å². The second-order valence-corrected chi connectivity index (χ2v) is 8.24. The average Bonchev–Trinajstić information content (AvgIpc) is 3.33. The summed E-state index contributed by atoms with van der Waals surface area (Å²) in [5, 5.41) is 1.86. The number of amides is 2. The number of hydrogen-bond donors (Lipinski definition) is 0. The molecule has 2 heterocycles. The van der Waals surface area contributed by atoms with Crippen LogP contribution < -0.4 is 14.2 Å². The summed E-state index contributed by atoms with van der Waals surface area (Å²) in [5.41, 5.74) is 1.00. The summed E-state index contributed by atoms with van der Waals surface area (Å²) in [5.74, 6) is 1.71. The van der Waals surface area contributed by atoms with Crippen LogP contribution in [0.2, 0.25) is 0 Å². The van der Waals surface area contributed by atoms with E-state index in [4.69, 9.17) is 14.2 Å². The van der Waals surface area contributed by atoms with Gasteiger partial charge in [0.15, 0.2) is 11.5 Å². The van der Waals surface area contributed by atoms with Crippen LogP contribution in [-0.4, -0.2) is 87.6 Å². The topological polar surface area (TPSA) is 71.6 Å². The van der Waals surface area contributed by atoms with E-state index in [9.17, 15) is 9.59 Å². The Balaban J connectivity index is 1.55. The minimum absolute atomic E-state index is 0.0317. The summed E-state index contributed by atoms with van der Waals surface area (Å²) in [4.78, 5) is 31.2. The van der Waals surface area contributed by atoms with Crippen LogP contribution in [0.4, 0.5) is 0 Å². The van der Waals surface area contributed by atoms with Crippen LogP contribution in [-0.2, 0) is 11.3 Å². The number of hydrogen-bond acceptors (Lipinski definition) is 7. The number of carbonyl (C=O) groups excluding carboxylic acids is 2. The minimum atomic E-state index is -0.123. The number of rotatable bonds is 8. The van der Waals surface area contributed by atoms with Crippen LogP contribution in [0.15, 0.2) is 29.6 Å². The van der Waals surface area contributed by atoms with Gasteiger partial charge in [-0.2, -0.15) is 0 Å². The fraction of sp³-hybridized carbons (Fsp3) is 0.455. The van der Waals surface area contributed by atoms with Crippen LogP contribution in [0.3, 0.4) is 0 Å². The van der Waals surface area contributed by atoms with Gasteiger partial charge in [-0.25, -0.2) is 0 Å². The van der Waals surface area contributed by atoms with Crippen molar-refractivity contribution < 1.29 is 23.8 Å². The van der Waals surface area contributed by atoms with Crippen LogP contribution >= 0.6 is 11.3 Å². The molecule has 0 spiro atoms. The lowest BCUT2D eigenvalue weighted by Gasteiger charge is -2.35. The van der Waals surface area contributed by atoms with Crippen molar-refractivity contribution in [1.82, 2.24) is 14.7 Å². The molecule has 0 N–H and O–H groups in total. The van der Waals surface area contributed by atoms with Gasteiger partial charge in [-0.3, -0.25) is 14.5 Å². The van der Waals surface area contributed by atoms with Crippen molar-refractivity contribution in [2.24, 2.45) is 0 Å². The summed E-state index contributed by atoms with van der Waals surface area (Å²) in [7, 11) is 6.47. The molecule has 0 bridgehead atoms. The highest BCUT2D eigenvalue weighted by molar-refractivity contribution is 7.12. The highest BCUT2D eigenvalue weighted by atomic mass is 32.1. The zero-order valence-corrected chi connectivity index (χ0v) is 19.2. The van der Waals surface area contributed by atoms with Gasteiger partial charge >= 0.3 is 0 Å². The molecular formula is C22H29N3O5S. The maximum Gasteiger partial charge on any atom is 0.264 e. The third-order valence-corrected chi connectivity index (χ3v) is 6.21. The number of piperazine rings is 1. The van der Waals surface area contributed by atoms with E-state index in [-0.39, 0.29) is 18.4 Å². The Morgan fingerprint density at radius 3 is 2.29 bits per heavy atom. The lowest BCUT2D eigenvalue weighted by Crippen LogP contribution is -2.51. The summed E-state index contributed by atoms with van der Waals surface area (Å²) < 4.78 is 16.4. The first-order valence-corrected chi connectivity index (χ1v) is 10.9. The number of methoxy groups -OCH3 is 3. The zero-order valence-electron chi connectivity index (χ0n) is 18.4. The molecular weight excluding hydrogens is 418 g/mol. The summed E-state index contributed by atoms with van der Waals surface area (Å²) in [6.07, 6.45) is 0. The zero-order chi connectivity index (χ0) is 22.4.